The SMILES string of the molecule is Nc1ccc(CCC(=O)OCC(=O)O)cc1. The van der Waals surface area contributed by atoms with E-state index >= 15 is 0 Å². The zero-order chi connectivity index (χ0) is 12.0. The van der Waals surface area contributed by atoms with Crippen LogP contribution in [0.2, 0.25) is 0 Å². The van der Waals surface area contributed by atoms with E-state index in [9.17, 15) is 9.59 Å². The van der Waals surface area contributed by atoms with E-state index in [4.69, 9.17) is 10.8 Å². The Labute approximate surface area is 92.8 Å². The number of benzene rings is 1. The van der Waals surface area contributed by atoms with E-state index in [0.717, 1.165) is 5.56 Å². The molecule has 0 radical (unpaired) electrons. The number of anilines is 1. The number of carbonyl (C=O) groups is 2. The van der Waals surface area contributed by atoms with Crippen LogP contribution in [0.15, 0.2) is 24.3 Å². The molecule has 0 saturated heterocycles. The lowest BCUT2D eigenvalue weighted by molar-refractivity contribution is -0.155. The molecule has 0 aliphatic heterocycles. The maximum atomic E-state index is 11.1. The average Bonchev–Trinajstić information content (AvgIpc) is 2.25. The summed E-state index contributed by atoms with van der Waals surface area (Å²) >= 11 is 0. The fraction of sp³-hybridized carbons (Fsp3) is 0.273. The highest BCUT2D eigenvalue weighted by atomic mass is 16.5. The molecule has 0 saturated carbocycles. The number of nitrogens with two attached hydrogens (primary N) is 1. The van der Waals surface area contributed by atoms with Gasteiger partial charge < -0.3 is 15.6 Å². The number of aliphatic carboxylic acids is 1. The number of carboxylic acids is 1. The Kier molecular flexibility index (Phi) is 4.32. The van der Waals surface area contributed by atoms with Crippen molar-refractivity contribution in [3.63, 3.8) is 0 Å². The summed E-state index contributed by atoms with van der Waals surface area (Å²) in [5, 5.41) is 8.29. The third-order valence-electron chi connectivity index (χ3n) is 1.95. The van der Waals surface area contributed by atoms with E-state index in [1.54, 1.807) is 12.1 Å². The van der Waals surface area contributed by atoms with Gasteiger partial charge >= 0.3 is 11.9 Å². The van der Waals surface area contributed by atoms with Gasteiger partial charge in [-0.3, -0.25) is 4.79 Å². The maximum absolute atomic E-state index is 11.1. The molecule has 0 aliphatic rings. The van der Waals surface area contributed by atoms with Crippen molar-refractivity contribution >= 4 is 17.6 Å². The van der Waals surface area contributed by atoms with Crippen LogP contribution >= 0.6 is 0 Å². The van der Waals surface area contributed by atoms with Gasteiger partial charge in [0, 0.05) is 12.1 Å². The van der Waals surface area contributed by atoms with Gasteiger partial charge in [0.15, 0.2) is 6.61 Å². The summed E-state index contributed by atoms with van der Waals surface area (Å²) in [6, 6.07) is 7.13. The Balaban J connectivity index is 2.31. The van der Waals surface area contributed by atoms with Crippen LogP contribution in [0, 0.1) is 0 Å². The van der Waals surface area contributed by atoms with Crippen LogP contribution in [0.3, 0.4) is 0 Å². The largest absolute Gasteiger partial charge is 0.479 e. The fourth-order valence-corrected chi connectivity index (χ4v) is 1.15. The molecule has 16 heavy (non-hydrogen) atoms. The second-order valence-electron chi connectivity index (χ2n) is 3.30. The molecule has 86 valence electrons. The number of hydrogen-bond donors (Lipinski definition) is 2. The monoisotopic (exact) mass is 223 g/mol. The molecular weight excluding hydrogens is 210 g/mol. The highest BCUT2D eigenvalue weighted by Crippen LogP contribution is 2.07. The van der Waals surface area contributed by atoms with Gasteiger partial charge in [-0.05, 0) is 24.1 Å². The number of carboxylic acid groups (broad SMARTS) is 1. The van der Waals surface area contributed by atoms with Gasteiger partial charge in [0.05, 0.1) is 0 Å². The minimum Gasteiger partial charge on any atom is -0.479 e. The van der Waals surface area contributed by atoms with Crippen LogP contribution in [0.5, 0.6) is 0 Å². The second kappa shape index (κ2) is 5.75. The molecular formula is C11H13NO4. The lowest BCUT2D eigenvalue weighted by Gasteiger charge is -2.02. The van der Waals surface area contributed by atoms with Gasteiger partial charge in [-0.25, -0.2) is 4.79 Å². The average molecular weight is 223 g/mol. The molecule has 5 heteroatoms. The summed E-state index contributed by atoms with van der Waals surface area (Å²) in [5.41, 5.74) is 7.13. The number of rotatable bonds is 5. The van der Waals surface area contributed by atoms with Crippen molar-refractivity contribution in [3.05, 3.63) is 29.8 Å². The van der Waals surface area contributed by atoms with Crippen LogP contribution in [0.1, 0.15) is 12.0 Å². The van der Waals surface area contributed by atoms with Crippen molar-refractivity contribution in [1.82, 2.24) is 0 Å². The van der Waals surface area contributed by atoms with E-state index in [2.05, 4.69) is 4.74 Å². The second-order valence-corrected chi connectivity index (χ2v) is 3.30. The summed E-state index contributed by atoms with van der Waals surface area (Å²) in [6.07, 6.45) is 0.677. The molecule has 1 rings (SSSR count). The Morgan fingerprint density at radius 1 is 1.25 bits per heavy atom. The highest BCUT2D eigenvalue weighted by Gasteiger charge is 2.06. The van der Waals surface area contributed by atoms with Crippen LogP contribution in [-0.4, -0.2) is 23.7 Å². The molecule has 0 atom stereocenters. The first kappa shape index (κ1) is 12.0. The first-order valence-electron chi connectivity index (χ1n) is 4.80. The Hall–Kier alpha value is -2.04. The standard InChI is InChI=1S/C11H13NO4/c12-9-4-1-8(2-5-9)3-6-11(15)16-7-10(13)14/h1-2,4-5H,3,6-7,12H2,(H,13,14). The summed E-state index contributed by atoms with van der Waals surface area (Å²) in [6.45, 7) is -0.583. The van der Waals surface area contributed by atoms with Gasteiger partial charge in [-0.1, -0.05) is 12.1 Å². The van der Waals surface area contributed by atoms with E-state index in [1.807, 2.05) is 12.1 Å². The van der Waals surface area contributed by atoms with Gasteiger partial charge in [0.25, 0.3) is 0 Å². The number of ether oxygens (including phenoxy) is 1. The zero-order valence-corrected chi connectivity index (χ0v) is 8.68. The molecule has 0 aliphatic carbocycles. The molecule has 0 unspecified atom stereocenters. The van der Waals surface area contributed by atoms with Gasteiger partial charge in [-0.15, -0.1) is 0 Å². The normalized spacial score (nSPS) is 9.75. The highest BCUT2D eigenvalue weighted by molar-refractivity contribution is 5.75. The smallest absolute Gasteiger partial charge is 0.341 e. The first-order valence-corrected chi connectivity index (χ1v) is 4.80. The topological polar surface area (TPSA) is 89.6 Å². The molecule has 3 N–H and O–H groups in total. The van der Waals surface area contributed by atoms with E-state index in [0.29, 0.717) is 12.1 Å². The maximum Gasteiger partial charge on any atom is 0.341 e. The molecule has 0 bridgehead atoms. The van der Waals surface area contributed by atoms with Crippen LogP contribution in [0.4, 0.5) is 5.69 Å². The fourth-order valence-electron chi connectivity index (χ4n) is 1.15. The molecule has 0 aromatic heterocycles. The Bertz CT molecular complexity index is 372. The lowest BCUT2D eigenvalue weighted by atomic mass is 10.1. The summed E-state index contributed by atoms with van der Waals surface area (Å²) in [7, 11) is 0. The van der Waals surface area contributed by atoms with Crippen molar-refractivity contribution < 1.29 is 19.4 Å². The molecule has 5 nitrogen and oxygen atoms in total. The number of nitrogen functional groups attached to an aromatic ring is 1. The summed E-state index contributed by atoms with van der Waals surface area (Å²) in [4.78, 5) is 21.2. The van der Waals surface area contributed by atoms with Crippen molar-refractivity contribution in [1.29, 1.82) is 0 Å². The molecule has 0 fully saturated rings. The van der Waals surface area contributed by atoms with Crippen molar-refractivity contribution in [2.75, 3.05) is 12.3 Å². The molecule has 1 aromatic rings. The molecule has 0 heterocycles. The lowest BCUT2D eigenvalue weighted by Crippen LogP contribution is -2.13. The molecule has 0 amide bonds. The van der Waals surface area contributed by atoms with E-state index < -0.39 is 18.5 Å². The number of hydrogen-bond acceptors (Lipinski definition) is 4. The summed E-state index contributed by atoms with van der Waals surface area (Å²) < 4.78 is 4.49. The minimum atomic E-state index is -1.15. The van der Waals surface area contributed by atoms with Crippen LogP contribution < -0.4 is 5.73 Å². The predicted octanol–water partition coefficient (Wildman–Crippen LogP) is 0.829. The third kappa shape index (κ3) is 4.45. The molecule has 0 spiro atoms. The minimum absolute atomic E-state index is 0.164. The Morgan fingerprint density at radius 2 is 1.88 bits per heavy atom. The number of esters is 1. The van der Waals surface area contributed by atoms with Crippen molar-refractivity contribution in [2.45, 2.75) is 12.8 Å². The third-order valence-corrected chi connectivity index (χ3v) is 1.95. The van der Waals surface area contributed by atoms with E-state index in [-0.39, 0.29) is 6.42 Å². The van der Waals surface area contributed by atoms with E-state index in [1.165, 1.54) is 0 Å². The zero-order valence-electron chi connectivity index (χ0n) is 8.68. The van der Waals surface area contributed by atoms with Crippen molar-refractivity contribution in [2.24, 2.45) is 0 Å². The van der Waals surface area contributed by atoms with Crippen molar-refractivity contribution in [3.8, 4) is 0 Å². The van der Waals surface area contributed by atoms with Gasteiger partial charge in [-0.2, -0.15) is 0 Å². The molecule has 1 aromatic carbocycles. The summed E-state index contributed by atoms with van der Waals surface area (Å²) in [5.74, 6) is -1.67. The van der Waals surface area contributed by atoms with Crippen LogP contribution in [-0.2, 0) is 20.7 Å². The van der Waals surface area contributed by atoms with Crippen LogP contribution in [0.25, 0.3) is 0 Å². The van der Waals surface area contributed by atoms with Gasteiger partial charge in [0.2, 0.25) is 0 Å². The Morgan fingerprint density at radius 3 is 2.44 bits per heavy atom. The quantitative estimate of drug-likeness (QED) is 0.570. The predicted molar refractivity (Wildman–Crippen MR) is 57.8 cm³/mol. The number of carbonyl (C=O) groups excluding carboxylic acids is 1. The first-order chi connectivity index (χ1) is 7.58. The number of aryl methyl sites for hydroxylation is 1. The van der Waals surface area contributed by atoms with Gasteiger partial charge in [0.1, 0.15) is 0 Å².